The molecule has 1 saturated carbocycles. The van der Waals surface area contributed by atoms with E-state index in [-0.39, 0.29) is 5.91 Å². The van der Waals surface area contributed by atoms with E-state index >= 15 is 0 Å². The molecule has 0 radical (unpaired) electrons. The lowest BCUT2D eigenvalue weighted by atomic mass is 9.84. The molecule has 1 aromatic carbocycles. The van der Waals surface area contributed by atoms with Crippen molar-refractivity contribution in [3.63, 3.8) is 0 Å². The van der Waals surface area contributed by atoms with Gasteiger partial charge in [0.15, 0.2) is 23.2 Å². The van der Waals surface area contributed by atoms with E-state index in [1.165, 1.54) is 11.3 Å². The predicted octanol–water partition coefficient (Wildman–Crippen LogP) is 3.04. The minimum Gasteiger partial charge on any atom is -0.504 e. The van der Waals surface area contributed by atoms with Crippen LogP contribution in [-0.4, -0.2) is 52.8 Å². The number of amides is 2. The van der Waals surface area contributed by atoms with E-state index in [9.17, 15) is 27.9 Å². The Morgan fingerprint density at radius 1 is 1.11 bits per heavy atom. The number of carbonyl (C=O) groups excluding carboxylic acids is 2. The molecule has 2 atom stereocenters. The zero-order chi connectivity index (χ0) is 26.4. The minimum absolute atomic E-state index is 0.154. The number of benzene rings is 1. The Kier molecular flexibility index (Phi) is 9.58. The molecule has 1 aliphatic carbocycles. The van der Waals surface area contributed by atoms with E-state index in [1.807, 2.05) is 6.92 Å². The Hall–Kier alpha value is -2.82. The van der Waals surface area contributed by atoms with Crippen LogP contribution >= 0.6 is 0 Å². The number of likely N-dealkylation sites (tertiary alicyclic amines) is 1. The van der Waals surface area contributed by atoms with E-state index in [4.69, 9.17) is 11.1 Å². The lowest BCUT2D eigenvalue weighted by molar-refractivity contribution is -0.140. The van der Waals surface area contributed by atoms with Crippen molar-refractivity contribution in [3.05, 3.63) is 28.6 Å². The Bertz CT molecular complexity index is 955. The average Bonchev–Trinajstić information content (AvgIpc) is 3.35. The first-order valence-corrected chi connectivity index (χ1v) is 12.7. The fraction of sp³-hybridized carbons (Fsp3) is 0.640. The number of amidine groups is 1. The topological polar surface area (TPSA) is 132 Å². The molecule has 6 N–H and O–H groups in total. The molecular weight excluding hydrogens is 475 g/mol. The average molecular weight is 512 g/mol. The third kappa shape index (κ3) is 6.11. The van der Waals surface area contributed by atoms with Crippen LogP contribution < -0.4 is 16.4 Å². The van der Waals surface area contributed by atoms with Gasteiger partial charge in [-0.3, -0.25) is 15.0 Å². The highest BCUT2D eigenvalue weighted by Crippen LogP contribution is 2.31. The fourth-order valence-electron chi connectivity index (χ4n) is 5.24. The Labute approximate surface area is 209 Å². The molecule has 2 fully saturated rings. The van der Waals surface area contributed by atoms with Crippen LogP contribution in [0.15, 0.2) is 0 Å². The number of phenols is 1. The van der Waals surface area contributed by atoms with Gasteiger partial charge in [-0.05, 0) is 38.1 Å². The number of nitrogens with two attached hydrogens (primary N) is 1. The maximum absolute atomic E-state index is 14.5. The maximum Gasteiger partial charge on any atom is 0.243 e. The van der Waals surface area contributed by atoms with Gasteiger partial charge in [0, 0.05) is 18.7 Å². The number of nitrogens with one attached hydrogen (secondary N) is 3. The van der Waals surface area contributed by atoms with Crippen LogP contribution in [0.1, 0.15) is 75.8 Å². The molecule has 3 rings (SSSR count). The summed E-state index contributed by atoms with van der Waals surface area (Å²) in [5.41, 5.74) is 3.14. The van der Waals surface area contributed by atoms with Crippen molar-refractivity contribution in [1.82, 2.24) is 15.5 Å². The second-order valence-corrected chi connectivity index (χ2v) is 9.71. The molecule has 1 aliphatic heterocycles. The van der Waals surface area contributed by atoms with Crippen molar-refractivity contribution in [2.45, 2.75) is 83.3 Å². The van der Waals surface area contributed by atoms with Crippen molar-refractivity contribution in [1.29, 1.82) is 5.41 Å². The number of hydrogen-bond acceptors (Lipinski definition) is 5. The molecule has 0 bridgehead atoms. The number of nitrogen functional groups attached to an aromatic ring is 1. The van der Waals surface area contributed by atoms with Crippen LogP contribution in [-0.2, 0) is 16.1 Å². The van der Waals surface area contributed by atoms with E-state index < -0.39 is 64.7 Å². The lowest BCUT2D eigenvalue weighted by Crippen LogP contribution is -2.53. The summed E-state index contributed by atoms with van der Waals surface area (Å²) in [6.45, 7) is 2.36. The van der Waals surface area contributed by atoms with Gasteiger partial charge in [0.1, 0.15) is 11.9 Å². The van der Waals surface area contributed by atoms with Gasteiger partial charge in [-0.2, -0.15) is 0 Å². The van der Waals surface area contributed by atoms with Crippen molar-refractivity contribution >= 4 is 17.6 Å². The largest absolute Gasteiger partial charge is 0.504 e. The van der Waals surface area contributed by atoms with Crippen LogP contribution in [0.25, 0.3) is 0 Å². The summed E-state index contributed by atoms with van der Waals surface area (Å²) in [4.78, 5) is 27.9. The number of nitrogens with zero attached hydrogens (tertiary/aromatic N) is 1. The van der Waals surface area contributed by atoms with E-state index in [0.29, 0.717) is 38.3 Å². The smallest absolute Gasteiger partial charge is 0.243 e. The standard InChI is InChI=1S/C25H36F3N5O3/c1-2-10-31-16(12-14-7-4-3-5-8-14)25(36)33-11-6-9-17(33)24(35)32-13-15-19(26)21(28)18(23(29)30)22(34)20(15)27/h14,16-17,31,34H,2-13H2,1H3,(H3,29,30)(H,32,35)/t16-,17+/m1/s1. The highest BCUT2D eigenvalue weighted by molar-refractivity contribution is 5.98. The molecule has 36 heavy (non-hydrogen) atoms. The lowest BCUT2D eigenvalue weighted by Gasteiger charge is -2.31. The summed E-state index contributed by atoms with van der Waals surface area (Å²) in [5.74, 6) is -7.45. The Morgan fingerprint density at radius 3 is 2.44 bits per heavy atom. The van der Waals surface area contributed by atoms with E-state index in [0.717, 1.165) is 32.1 Å². The van der Waals surface area contributed by atoms with Crippen molar-refractivity contribution in [2.24, 2.45) is 11.7 Å². The highest BCUT2D eigenvalue weighted by atomic mass is 19.2. The SMILES string of the molecule is CCCN[C@H](CC1CCCCC1)C(=O)N1CCC[C@H]1C(=O)NCc1c(F)c(O)c(C(=N)N)c(F)c1F. The number of phenolic OH excluding ortho intramolecular Hbond substituents is 1. The summed E-state index contributed by atoms with van der Waals surface area (Å²) in [5, 5.41) is 22.8. The van der Waals surface area contributed by atoms with Crippen LogP contribution in [0.2, 0.25) is 0 Å². The zero-order valence-electron chi connectivity index (χ0n) is 20.6. The van der Waals surface area contributed by atoms with Crippen molar-refractivity contribution in [2.75, 3.05) is 13.1 Å². The zero-order valence-corrected chi connectivity index (χ0v) is 20.6. The molecule has 2 amide bonds. The highest BCUT2D eigenvalue weighted by Gasteiger charge is 2.38. The van der Waals surface area contributed by atoms with Gasteiger partial charge in [-0.25, -0.2) is 13.2 Å². The van der Waals surface area contributed by atoms with Gasteiger partial charge in [-0.15, -0.1) is 0 Å². The summed E-state index contributed by atoms with van der Waals surface area (Å²) in [6, 6.07) is -1.21. The summed E-state index contributed by atoms with van der Waals surface area (Å²) < 4.78 is 43.2. The van der Waals surface area contributed by atoms with E-state index in [1.54, 1.807) is 0 Å². The number of halogens is 3. The van der Waals surface area contributed by atoms with Crippen LogP contribution in [0.4, 0.5) is 13.2 Å². The fourth-order valence-corrected chi connectivity index (χ4v) is 5.24. The van der Waals surface area contributed by atoms with Gasteiger partial charge in [-0.1, -0.05) is 39.0 Å². The minimum atomic E-state index is -1.67. The number of aromatic hydroxyl groups is 1. The van der Waals surface area contributed by atoms with Crippen molar-refractivity contribution < 1.29 is 27.9 Å². The monoisotopic (exact) mass is 511 g/mol. The second-order valence-electron chi connectivity index (χ2n) is 9.71. The van der Waals surface area contributed by atoms with Gasteiger partial charge < -0.3 is 26.4 Å². The third-order valence-corrected chi connectivity index (χ3v) is 7.17. The first-order valence-electron chi connectivity index (χ1n) is 12.7. The predicted molar refractivity (Wildman–Crippen MR) is 129 cm³/mol. The summed E-state index contributed by atoms with van der Waals surface area (Å²) in [6.07, 6.45) is 8.29. The molecular formula is C25H36F3N5O3. The van der Waals surface area contributed by atoms with Crippen LogP contribution in [0, 0.1) is 28.8 Å². The molecule has 200 valence electrons. The van der Waals surface area contributed by atoms with Gasteiger partial charge in [0.25, 0.3) is 0 Å². The van der Waals surface area contributed by atoms with Crippen molar-refractivity contribution in [3.8, 4) is 5.75 Å². The molecule has 8 nitrogen and oxygen atoms in total. The van der Waals surface area contributed by atoms with E-state index in [2.05, 4.69) is 10.6 Å². The summed E-state index contributed by atoms with van der Waals surface area (Å²) >= 11 is 0. The molecule has 1 saturated heterocycles. The van der Waals surface area contributed by atoms with Crippen LogP contribution in [0.3, 0.4) is 0 Å². The maximum atomic E-state index is 14.5. The van der Waals surface area contributed by atoms with Crippen LogP contribution in [0.5, 0.6) is 5.75 Å². The molecule has 1 aromatic rings. The molecule has 0 unspecified atom stereocenters. The van der Waals surface area contributed by atoms with Gasteiger partial charge in [0.05, 0.1) is 11.6 Å². The third-order valence-electron chi connectivity index (χ3n) is 7.17. The molecule has 0 aromatic heterocycles. The molecule has 0 spiro atoms. The van der Waals surface area contributed by atoms with Gasteiger partial charge >= 0.3 is 0 Å². The number of rotatable bonds is 10. The Balaban J connectivity index is 1.71. The molecule has 11 heteroatoms. The first-order chi connectivity index (χ1) is 17.2. The first kappa shape index (κ1) is 27.8. The quantitative estimate of drug-likeness (QED) is 0.187. The summed E-state index contributed by atoms with van der Waals surface area (Å²) in [7, 11) is 0. The number of hydrogen-bond donors (Lipinski definition) is 5. The number of carbonyl (C=O) groups is 2. The molecule has 2 aliphatic rings. The van der Waals surface area contributed by atoms with Gasteiger partial charge in [0.2, 0.25) is 11.8 Å². The normalized spacial score (nSPS) is 19.3. The Morgan fingerprint density at radius 2 is 1.81 bits per heavy atom. The second kappa shape index (κ2) is 12.4. The molecule has 1 heterocycles.